The molecule has 0 saturated heterocycles. The Morgan fingerprint density at radius 3 is 2.43 bits per heavy atom. The van der Waals surface area contributed by atoms with Crippen molar-refractivity contribution in [2.24, 2.45) is 17.1 Å². The minimum absolute atomic E-state index is 0. The third-order valence-electron chi connectivity index (χ3n) is 5.51. The highest BCUT2D eigenvalue weighted by atomic mass is 35.5. The number of hydrogen-bond donors (Lipinski definition) is 3. The quantitative estimate of drug-likeness (QED) is 0.728. The number of carbonyl (C=O) groups is 1. The van der Waals surface area contributed by atoms with E-state index in [9.17, 15) is 9.90 Å². The summed E-state index contributed by atoms with van der Waals surface area (Å²) in [6.07, 6.45) is 9.56. The van der Waals surface area contributed by atoms with Crippen molar-refractivity contribution in [2.75, 3.05) is 13.2 Å². The highest BCUT2D eigenvalue weighted by Gasteiger charge is 2.39. The van der Waals surface area contributed by atoms with Crippen LogP contribution in [0, 0.1) is 11.3 Å². The van der Waals surface area contributed by atoms with E-state index in [1.165, 1.54) is 12.8 Å². The van der Waals surface area contributed by atoms with Gasteiger partial charge < -0.3 is 16.2 Å². The summed E-state index contributed by atoms with van der Waals surface area (Å²) >= 11 is 0. The molecule has 2 rings (SSSR count). The van der Waals surface area contributed by atoms with Gasteiger partial charge in [0.1, 0.15) is 0 Å². The highest BCUT2D eigenvalue weighted by Crippen LogP contribution is 2.40. The van der Waals surface area contributed by atoms with E-state index in [1.807, 2.05) is 6.92 Å². The van der Waals surface area contributed by atoms with E-state index < -0.39 is 0 Å². The molecule has 2 aliphatic rings. The molecule has 0 aromatic heterocycles. The fourth-order valence-corrected chi connectivity index (χ4v) is 4.06. The van der Waals surface area contributed by atoms with E-state index >= 15 is 0 Å². The Labute approximate surface area is 134 Å². The molecule has 1 amide bonds. The Morgan fingerprint density at radius 2 is 1.86 bits per heavy atom. The summed E-state index contributed by atoms with van der Waals surface area (Å²) in [6.45, 7) is 2.93. The van der Waals surface area contributed by atoms with Crippen LogP contribution < -0.4 is 11.1 Å². The molecule has 2 unspecified atom stereocenters. The lowest BCUT2D eigenvalue weighted by atomic mass is 9.74. The van der Waals surface area contributed by atoms with E-state index in [4.69, 9.17) is 5.73 Å². The van der Waals surface area contributed by atoms with Crippen LogP contribution >= 0.6 is 12.4 Å². The first-order valence-corrected chi connectivity index (χ1v) is 8.17. The van der Waals surface area contributed by atoms with Crippen LogP contribution in [0.1, 0.15) is 64.7 Å². The van der Waals surface area contributed by atoms with Crippen molar-refractivity contribution in [3.8, 4) is 0 Å². The monoisotopic (exact) mass is 318 g/mol. The number of nitrogens with two attached hydrogens (primary N) is 1. The maximum atomic E-state index is 12.5. The smallest absolute Gasteiger partial charge is 0.224 e. The van der Waals surface area contributed by atoms with Crippen LogP contribution in [0.2, 0.25) is 0 Å². The predicted octanol–water partition coefficient (Wildman–Crippen LogP) is 2.37. The van der Waals surface area contributed by atoms with Crippen LogP contribution in [0.5, 0.6) is 0 Å². The normalized spacial score (nSPS) is 31.5. The predicted molar refractivity (Wildman–Crippen MR) is 87.4 cm³/mol. The van der Waals surface area contributed by atoms with Crippen LogP contribution in [0.25, 0.3) is 0 Å². The summed E-state index contributed by atoms with van der Waals surface area (Å²) in [5.41, 5.74) is 6.07. The Balaban J connectivity index is 0.00000220. The SMILES string of the molecule is CC1(N)CCCCC1C(=O)NCC1(CCO)CCCC1.Cl. The molecule has 21 heavy (non-hydrogen) atoms. The fourth-order valence-electron chi connectivity index (χ4n) is 4.06. The maximum Gasteiger partial charge on any atom is 0.224 e. The van der Waals surface area contributed by atoms with Gasteiger partial charge in [-0.25, -0.2) is 0 Å². The summed E-state index contributed by atoms with van der Waals surface area (Å²) in [7, 11) is 0. The topological polar surface area (TPSA) is 75.4 Å². The number of rotatable bonds is 5. The summed E-state index contributed by atoms with van der Waals surface area (Å²) < 4.78 is 0. The first-order valence-electron chi connectivity index (χ1n) is 8.17. The number of carbonyl (C=O) groups excluding carboxylic acids is 1. The molecule has 2 saturated carbocycles. The minimum Gasteiger partial charge on any atom is -0.396 e. The second kappa shape index (κ2) is 7.80. The van der Waals surface area contributed by atoms with Crippen LogP contribution in [0.4, 0.5) is 0 Å². The molecule has 2 aliphatic carbocycles. The number of halogens is 1. The van der Waals surface area contributed by atoms with Gasteiger partial charge in [0.05, 0.1) is 5.92 Å². The molecule has 4 N–H and O–H groups in total. The summed E-state index contributed by atoms with van der Waals surface area (Å²) in [5.74, 6) is 0.0720. The van der Waals surface area contributed by atoms with Gasteiger partial charge in [-0.3, -0.25) is 4.79 Å². The lowest BCUT2D eigenvalue weighted by molar-refractivity contribution is -0.128. The average molecular weight is 319 g/mol. The van der Waals surface area contributed by atoms with Gasteiger partial charge in [0.15, 0.2) is 0 Å². The van der Waals surface area contributed by atoms with Crippen LogP contribution in [0.15, 0.2) is 0 Å². The van der Waals surface area contributed by atoms with Crippen molar-refractivity contribution in [3.05, 3.63) is 0 Å². The molecule has 0 aliphatic heterocycles. The van der Waals surface area contributed by atoms with Gasteiger partial charge >= 0.3 is 0 Å². The van der Waals surface area contributed by atoms with E-state index in [-0.39, 0.29) is 41.8 Å². The Bertz CT molecular complexity index is 341. The fraction of sp³-hybridized carbons (Fsp3) is 0.938. The van der Waals surface area contributed by atoms with Gasteiger partial charge in [-0.05, 0) is 44.4 Å². The number of aliphatic hydroxyl groups excluding tert-OH is 1. The standard InChI is InChI=1S/C16H30N2O2.ClH/c1-15(17)7-3-2-6-13(15)14(20)18-12-16(10-11-19)8-4-5-9-16;/h13,19H,2-12,17H2,1H3,(H,18,20);1H. The van der Waals surface area contributed by atoms with Gasteiger partial charge in [0, 0.05) is 18.7 Å². The molecule has 4 nitrogen and oxygen atoms in total. The molecule has 2 atom stereocenters. The van der Waals surface area contributed by atoms with Crippen molar-refractivity contribution in [1.82, 2.24) is 5.32 Å². The molecule has 0 heterocycles. The van der Waals surface area contributed by atoms with E-state index in [1.54, 1.807) is 0 Å². The molecule has 0 aromatic carbocycles. The second-order valence-corrected chi connectivity index (χ2v) is 7.20. The van der Waals surface area contributed by atoms with Gasteiger partial charge in [-0.1, -0.05) is 25.7 Å². The zero-order valence-corrected chi connectivity index (χ0v) is 14.0. The van der Waals surface area contributed by atoms with Crippen molar-refractivity contribution < 1.29 is 9.90 Å². The van der Waals surface area contributed by atoms with E-state index in [0.29, 0.717) is 6.54 Å². The summed E-state index contributed by atoms with van der Waals surface area (Å²) in [5, 5.41) is 12.4. The first kappa shape index (κ1) is 18.7. The van der Waals surface area contributed by atoms with Crippen LogP contribution in [0.3, 0.4) is 0 Å². The molecule has 5 heteroatoms. The minimum atomic E-state index is -0.359. The number of hydrogen-bond acceptors (Lipinski definition) is 3. The summed E-state index contributed by atoms with van der Waals surface area (Å²) in [6, 6.07) is 0. The third-order valence-corrected chi connectivity index (χ3v) is 5.51. The van der Waals surface area contributed by atoms with Crippen molar-refractivity contribution in [1.29, 1.82) is 0 Å². The lowest BCUT2D eigenvalue weighted by Crippen LogP contribution is -2.53. The highest BCUT2D eigenvalue weighted by molar-refractivity contribution is 5.85. The Hall–Kier alpha value is -0.320. The number of nitrogens with one attached hydrogen (secondary N) is 1. The van der Waals surface area contributed by atoms with Crippen LogP contribution in [-0.4, -0.2) is 29.7 Å². The molecule has 0 aromatic rings. The van der Waals surface area contributed by atoms with Crippen molar-refractivity contribution >= 4 is 18.3 Å². The molecule has 2 fully saturated rings. The molecular formula is C16H31ClN2O2. The molecule has 0 radical (unpaired) electrons. The van der Waals surface area contributed by atoms with E-state index in [0.717, 1.165) is 44.9 Å². The van der Waals surface area contributed by atoms with Gasteiger partial charge in [0.2, 0.25) is 5.91 Å². The molecule has 124 valence electrons. The number of amides is 1. The number of aliphatic hydroxyl groups is 1. The molecular weight excluding hydrogens is 288 g/mol. The van der Waals surface area contributed by atoms with Gasteiger partial charge in [-0.15, -0.1) is 12.4 Å². The van der Waals surface area contributed by atoms with Crippen LogP contribution in [-0.2, 0) is 4.79 Å². The Morgan fingerprint density at radius 1 is 1.24 bits per heavy atom. The van der Waals surface area contributed by atoms with Crippen molar-refractivity contribution in [3.63, 3.8) is 0 Å². The zero-order valence-electron chi connectivity index (χ0n) is 13.2. The van der Waals surface area contributed by atoms with Gasteiger partial charge in [0.25, 0.3) is 0 Å². The largest absolute Gasteiger partial charge is 0.396 e. The zero-order chi connectivity index (χ0) is 14.6. The summed E-state index contributed by atoms with van der Waals surface area (Å²) in [4.78, 5) is 12.5. The van der Waals surface area contributed by atoms with E-state index in [2.05, 4.69) is 5.32 Å². The lowest BCUT2D eigenvalue weighted by Gasteiger charge is -2.38. The second-order valence-electron chi connectivity index (χ2n) is 7.20. The van der Waals surface area contributed by atoms with Gasteiger partial charge in [-0.2, -0.15) is 0 Å². The average Bonchev–Trinajstić information content (AvgIpc) is 2.85. The van der Waals surface area contributed by atoms with Crippen molar-refractivity contribution in [2.45, 2.75) is 70.3 Å². The third kappa shape index (κ3) is 4.57. The first-order chi connectivity index (χ1) is 9.49. The molecule has 0 spiro atoms. The Kier molecular flexibility index (Phi) is 6.95. The maximum absolute atomic E-state index is 12.5. The molecule has 0 bridgehead atoms.